The van der Waals surface area contributed by atoms with Gasteiger partial charge >= 0.3 is 0 Å². The molecule has 444 valence electrons. The van der Waals surface area contributed by atoms with E-state index in [0.29, 0.717) is 0 Å². The molecule has 0 spiro atoms. The number of benzene rings is 14. The first-order valence-corrected chi connectivity index (χ1v) is 32.8. The minimum atomic E-state index is -0.120. The molecule has 0 heterocycles. The number of hydrogen-bond donors (Lipinski definition) is 1. The van der Waals surface area contributed by atoms with E-state index in [9.17, 15) is 0 Å². The van der Waals surface area contributed by atoms with Crippen LogP contribution in [0.1, 0.15) is 74.9 Å². The fourth-order valence-electron chi connectivity index (χ4n) is 15.0. The molecule has 0 bridgehead atoms. The maximum Gasteiger partial charge on any atom is 0.0540 e. The molecule has 3 heteroatoms. The Balaban J connectivity index is 0.000000146. The highest BCUT2D eigenvalue weighted by Gasteiger charge is 2.39. The summed E-state index contributed by atoms with van der Waals surface area (Å²) in [6.45, 7) is 14.1. The number of fused-ring (bicyclic) bond motifs is 11. The molecule has 0 fully saturated rings. The molecule has 17 rings (SSSR count). The Morgan fingerprint density at radius 3 is 1.11 bits per heavy atom. The van der Waals surface area contributed by atoms with Crippen molar-refractivity contribution in [2.24, 2.45) is 0 Å². The number of nitrogens with two attached hydrogens (primary N) is 1. The highest BCUT2D eigenvalue weighted by molar-refractivity contribution is 9.10. The molecular formula is C89H71BrN2. The van der Waals surface area contributed by atoms with Gasteiger partial charge in [0.2, 0.25) is 0 Å². The molecule has 3 aliphatic rings. The smallest absolute Gasteiger partial charge is 0.0540 e. The molecule has 0 amide bonds. The van der Waals surface area contributed by atoms with Crippen LogP contribution in [0.2, 0.25) is 0 Å². The molecule has 14 aromatic carbocycles. The van der Waals surface area contributed by atoms with Crippen LogP contribution in [-0.2, 0) is 16.2 Å². The maximum atomic E-state index is 6.29. The van der Waals surface area contributed by atoms with Gasteiger partial charge in [-0.3, -0.25) is 0 Å². The number of rotatable bonds is 7. The number of nitrogens with zero attached hydrogens (tertiary/aromatic N) is 1. The standard InChI is InChI=1S/C52H41N.C22H17N.C15H13Br/c1-51(2)46-23-12-10-20-41(46)43-28-26-37(32-48(43)51)53(38-27-29-44-42-21-11-13-24-47(42)52(3,4)49(44)33-38)50-30-25-36(34-15-6-5-7-16-34)31-45(50)40-22-14-18-35-17-8-9-19-39(35)40;23-22-14-13-18(16-7-2-1-3-8-16)15-21(22)20-12-6-10-17-9-4-5-11-19(17)20;1-15(2)13-6-4-3-5-11(13)12-8-7-10(16)9-14(12)15/h5-33H,1-4H3;1-15H,23H2;3-9H,1-2H3. The zero-order valence-electron chi connectivity index (χ0n) is 52.8. The summed E-state index contributed by atoms with van der Waals surface area (Å²) in [4.78, 5) is 2.52. The second kappa shape index (κ2) is 23.2. The second-order valence-corrected chi connectivity index (χ2v) is 27.2. The quantitative estimate of drug-likeness (QED) is 0.161. The Hall–Kier alpha value is -10.3. The van der Waals surface area contributed by atoms with Crippen molar-refractivity contribution in [3.63, 3.8) is 0 Å². The van der Waals surface area contributed by atoms with Crippen molar-refractivity contribution in [1.29, 1.82) is 0 Å². The van der Waals surface area contributed by atoms with Gasteiger partial charge < -0.3 is 10.6 Å². The predicted octanol–water partition coefficient (Wildman–Crippen LogP) is 24.8. The van der Waals surface area contributed by atoms with Gasteiger partial charge in [-0.05, 0) is 182 Å². The number of nitrogen functional groups attached to an aromatic ring is 1. The van der Waals surface area contributed by atoms with E-state index in [2.05, 4.69) is 360 Å². The van der Waals surface area contributed by atoms with Gasteiger partial charge in [0, 0.05) is 48.9 Å². The summed E-state index contributed by atoms with van der Waals surface area (Å²) in [7, 11) is 0. The molecule has 0 radical (unpaired) electrons. The van der Waals surface area contributed by atoms with Gasteiger partial charge in [0.05, 0.1) is 5.69 Å². The minimum absolute atomic E-state index is 0.120. The van der Waals surface area contributed by atoms with Crippen LogP contribution >= 0.6 is 15.9 Å². The summed E-state index contributed by atoms with van der Waals surface area (Å²) < 4.78 is 1.16. The Kier molecular flexibility index (Phi) is 14.6. The number of hydrogen-bond acceptors (Lipinski definition) is 2. The van der Waals surface area contributed by atoms with Gasteiger partial charge in [0.25, 0.3) is 0 Å². The molecule has 0 unspecified atom stereocenters. The van der Waals surface area contributed by atoms with Crippen LogP contribution in [0.3, 0.4) is 0 Å². The third-order valence-corrected chi connectivity index (χ3v) is 20.4. The molecular weight excluding hydrogens is 1180 g/mol. The fourth-order valence-corrected chi connectivity index (χ4v) is 15.4. The lowest BCUT2D eigenvalue weighted by molar-refractivity contribution is 0.660. The van der Waals surface area contributed by atoms with Crippen molar-refractivity contribution in [1.82, 2.24) is 0 Å². The molecule has 0 saturated carbocycles. The van der Waals surface area contributed by atoms with E-state index >= 15 is 0 Å². The Morgan fingerprint density at radius 1 is 0.261 bits per heavy atom. The van der Waals surface area contributed by atoms with Crippen LogP contribution in [0.4, 0.5) is 22.7 Å². The lowest BCUT2D eigenvalue weighted by Gasteiger charge is -2.31. The summed E-state index contributed by atoms with van der Waals surface area (Å²) in [6.07, 6.45) is 0. The van der Waals surface area contributed by atoms with Crippen LogP contribution in [0.5, 0.6) is 0 Å². The molecule has 0 saturated heterocycles. The highest BCUT2D eigenvalue weighted by Crippen LogP contribution is 2.55. The molecule has 14 aromatic rings. The minimum Gasteiger partial charge on any atom is -0.398 e. The summed E-state index contributed by atoms with van der Waals surface area (Å²) in [5, 5.41) is 4.95. The molecule has 2 N–H and O–H groups in total. The van der Waals surface area contributed by atoms with Crippen molar-refractivity contribution in [3.8, 4) is 77.9 Å². The molecule has 0 aliphatic heterocycles. The van der Waals surface area contributed by atoms with Crippen molar-refractivity contribution in [2.45, 2.75) is 57.8 Å². The predicted molar refractivity (Wildman–Crippen MR) is 396 cm³/mol. The van der Waals surface area contributed by atoms with E-state index in [1.54, 1.807) is 0 Å². The van der Waals surface area contributed by atoms with Gasteiger partial charge in [0.15, 0.2) is 0 Å². The second-order valence-electron chi connectivity index (χ2n) is 26.3. The van der Waals surface area contributed by atoms with Crippen LogP contribution in [0.25, 0.3) is 99.4 Å². The Labute approximate surface area is 550 Å². The van der Waals surface area contributed by atoms with E-state index in [1.807, 2.05) is 12.1 Å². The zero-order valence-corrected chi connectivity index (χ0v) is 54.4. The SMILES string of the molecule is CC1(C)c2ccccc2-c2ccc(Br)cc21.CC1(C)c2ccccc2-c2ccc(N(c3ccc4c(c3)C(C)(C)c3ccccc3-4)c3ccc(-c4ccccc4)cc3-c3cccc4ccccc34)cc21.Nc1ccc(-c2ccccc2)cc1-c1cccc2ccccc12. The molecule has 3 aliphatic carbocycles. The maximum absolute atomic E-state index is 6.29. The summed E-state index contributed by atoms with van der Waals surface area (Å²) in [5.41, 5.74) is 36.4. The van der Waals surface area contributed by atoms with E-state index in [-0.39, 0.29) is 16.2 Å². The van der Waals surface area contributed by atoms with E-state index < -0.39 is 0 Å². The van der Waals surface area contributed by atoms with Gasteiger partial charge in [0.1, 0.15) is 0 Å². The summed E-state index contributed by atoms with van der Waals surface area (Å²) in [6, 6.07) is 112. The fraction of sp³-hybridized carbons (Fsp3) is 0.101. The first kappa shape index (κ1) is 58.1. The lowest BCUT2D eigenvalue weighted by atomic mass is 9.82. The topological polar surface area (TPSA) is 29.3 Å². The normalized spacial score (nSPS) is 13.7. The van der Waals surface area contributed by atoms with Gasteiger partial charge in [-0.1, -0.05) is 306 Å². The molecule has 92 heavy (non-hydrogen) atoms. The van der Waals surface area contributed by atoms with Crippen LogP contribution < -0.4 is 10.6 Å². The van der Waals surface area contributed by atoms with Crippen molar-refractivity contribution in [2.75, 3.05) is 10.6 Å². The zero-order chi connectivity index (χ0) is 62.9. The first-order chi connectivity index (χ1) is 44.7. The molecule has 0 atom stereocenters. The highest BCUT2D eigenvalue weighted by atomic mass is 79.9. The lowest BCUT2D eigenvalue weighted by Crippen LogP contribution is -2.18. The average molecular weight is 1250 g/mol. The van der Waals surface area contributed by atoms with Crippen molar-refractivity contribution >= 4 is 60.2 Å². The van der Waals surface area contributed by atoms with Gasteiger partial charge in [-0.2, -0.15) is 0 Å². The Morgan fingerprint density at radius 2 is 0.620 bits per heavy atom. The van der Waals surface area contributed by atoms with E-state index in [0.717, 1.165) is 32.8 Å². The van der Waals surface area contributed by atoms with Crippen LogP contribution in [0.15, 0.2) is 314 Å². The summed E-state index contributed by atoms with van der Waals surface area (Å²) >= 11 is 3.56. The molecule has 0 aromatic heterocycles. The summed E-state index contributed by atoms with van der Waals surface area (Å²) in [5.74, 6) is 0. The van der Waals surface area contributed by atoms with Gasteiger partial charge in [-0.25, -0.2) is 0 Å². The average Bonchev–Trinajstić information content (AvgIpc) is 1.61. The Bertz CT molecular complexity index is 5050. The molecule has 2 nitrogen and oxygen atoms in total. The third kappa shape index (κ3) is 10.0. The largest absolute Gasteiger partial charge is 0.398 e. The number of anilines is 4. The van der Waals surface area contributed by atoms with Crippen LogP contribution in [-0.4, -0.2) is 0 Å². The van der Waals surface area contributed by atoms with Crippen molar-refractivity contribution < 1.29 is 0 Å². The van der Waals surface area contributed by atoms with E-state index in [4.69, 9.17) is 5.73 Å². The van der Waals surface area contributed by atoms with Crippen molar-refractivity contribution in [3.05, 3.63) is 347 Å². The van der Waals surface area contributed by atoms with Gasteiger partial charge in [-0.15, -0.1) is 0 Å². The monoisotopic (exact) mass is 1250 g/mol. The van der Waals surface area contributed by atoms with Crippen LogP contribution in [0, 0.1) is 0 Å². The van der Waals surface area contributed by atoms with E-state index in [1.165, 1.54) is 127 Å². The number of halogens is 1. The third-order valence-electron chi connectivity index (χ3n) is 19.9. The first-order valence-electron chi connectivity index (χ1n) is 32.0.